The van der Waals surface area contributed by atoms with Crippen LogP contribution in [0.3, 0.4) is 0 Å². The molecule has 0 spiro atoms. The maximum Gasteiger partial charge on any atom is 0.333 e. The molecule has 4 N–H and O–H groups in total. The Morgan fingerprint density at radius 3 is 2.90 bits per heavy atom. The summed E-state index contributed by atoms with van der Waals surface area (Å²) in [5, 5.41) is 18.9. The van der Waals surface area contributed by atoms with Gasteiger partial charge in [0.05, 0.1) is 30.5 Å². The number of fused-ring (bicyclic) bond motifs is 1. The van der Waals surface area contributed by atoms with Gasteiger partial charge in [-0.05, 0) is 24.2 Å². The third kappa shape index (κ3) is 2.47. The summed E-state index contributed by atoms with van der Waals surface area (Å²) in [6, 6.07) is 0. The third-order valence-electron chi connectivity index (χ3n) is 3.91. The van der Waals surface area contributed by atoms with Crippen molar-refractivity contribution in [1.29, 1.82) is 0 Å². The van der Waals surface area contributed by atoms with E-state index in [1.165, 1.54) is 18.1 Å². The van der Waals surface area contributed by atoms with Crippen LogP contribution in [0.1, 0.15) is 13.3 Å². The number of carboxylic acids is 1. The van der Waals surface area contributed by atoms with Crippen molar-refractivity contribution in [2.24, 2.45) is 28.5 Å². The molecule has 0 aromatic carbocycles. The lowest BCUT2D eigenvalue weighted by Gasteiger charge is -2.41. The number of rotatable bonds is 6. The van der Waals surface area contributed by atoms with Crippen molar-refractivity contribution >= 4 is 29.9 Å². The van der Waals surface area contributed by atoms with E-state index >= 15 is 0 Å². The van der Waals surface area contributed by atoms with Crippen LogP contribution >= 0.6 is 11.8 Å². The average molecular weight is 298 g/mol. The van der Waals surface area contributed by atoms with Crippen LogP contribution < -0.4 is 5.73 Å². The summed E-state index contributed by atoms with van der Waals surface area (Å²) in [6.07, 6.45) is 1.06. The monoisotopic (exact) mass is 298 g/mol. The fraction of sp³-hybridized carbons (Fsp3) is 0.615. The van der Waals surface area contributed by atoms with Crippen molar-refractivity contribution in [2.75, 3.05) is 12.3 Å². The van der Waals surface area contributed by atoms with E-state index in [1.54, 1.807) is 6.92 Å². The quantitative estimate of drug-likeness (QED) is 0.368. The van der Waals surface area contributed by atoms with E-state index in [1.807, 2.05) is 0 Å². The molecule has 20 heavy (non-hydrogen) atoms. The molecule has 0 amide bonds. The number of aliphatic imine (C=N–C) groups is 1. The molecule has 0 aromatic heterocycles. The van der Waals surface area contributed by atoms with Gasteiger partial charge in [0.25, 0.3) is 0 Å². The highest BCUT2D eigenvalue weighted by Crippen LogP contribution is 2.54. The second kappa shape index (κ2) is 5.97. The molecule has 7 heteroatoms. The zero-order valence-corrected chi connectivity index (χ0v) is 12.0. The minimum absolute atomic E-state index is 0.0610. The fourth-order valence-electron chi connectivity index (χ4n) is 3.10. The van der Waals surface area contributed by atoms with Gasteiger partial charge < -0.3 is 15.9 Å². The van der Waals surface area contributed by atoms with Crippen LogP contribution in [-0.4, -0.2) is 46.7 Å². The van der Waals surface area contributed by atoms with E-state index in [2.05, 4.69) is 4.99 Å². The lowest BCUT2D eigenvalue weighted by molar-refractivity contribution is -0.149. The molecule has 2 aliphatic carbocycles. The van der Waals surface area contributed by atoms with Crippen molar-refractivity contribution in [1.82, 2.24) is 0 Å². The van der Waals surface area contributed by atoms with Crippen LogP contribution in [0.25, 0.3) is 0 Å². The van der Waals surface area contributed by atoms with Gasteiger partial charge in [0.15, 0.2) is 0 Å². The van der Waals surface area contributed by atoms with Gasteiger partial charge in [0.1, 0.15) is 5.78 Å². The van der Waals surface area contributed by atoms with Crippen LogP contribution in [0.5, 0.6) is 0 Å². The minimum atomic E-state index is -1.03. The van der Waals surface area contributed by atoms with Gasteiger partial charge >= 0.3 is 5.97 Å². The molecule has 6 nitrogen and oxygen atoms in total. The Bertz CT molecular complexity index is 487. The largest absolute Gasteiger partial charge is 0.478 e. The Morgan fingerprint density at radius 1 is 1.65 bits per heavy atom. The van der Waals surface area contributed by atoms with Crippen LogP contribution in [0.2, 0.25) is 0 Å². The first-order valence-electron chi connectivity index (χ1n) is 6.50. The summed E-state index contributed by atoms with van der Waals surface area (Å²) in [7, 11) is 0. The Labute approximate surface area is 121 Å². The zero-order chi connectivity index (χ0) is 14.9. The van der Waals surface area contributed by atoms with E-state index in [-0.39, 0.29) is 17.3 Å². The van der Waals surface area contributed by atoms with Crippen LogP contribution in [0.15, 0.2) is 15.5 Å². The van der Waals surface area contributed by atoms with E-state index in [0.717, 1.165) is 4.91 Å². The number of carboxylic acid groups (broad SMARTS) is 1. The van der Waals surface area contributed by atoms with Crippen molar-refractivity contribution in [2.45, 2.75) is 19.4 Å². The third-order valence-corrected chi connectivity index (χ3v) is 5.03. The maximum absolute atomic E-state index is 12.0. The molecule has 0 saturated heterocycles. The van der Waals surface area contributed by atoms with Gasteiger partial charge in [-0.15, -0.1) is 11.8 Å². The molecule has 4 atom stereocenters. The number of aliphatic carboxylic acids is 1. The fourth-order valence-corrected chi connectivity index (χ4v) is 4.22. The number of carbonyl (C=O) groups excluding carboxylic acids is 1. The van der Waals surface area contributed by atoms with Gasteiger partial charge in [-0.2, -0.15) is 0 Å². The zero-order valence-electron chi connectivity index (χ0n) is 11.2. The smallest absolute Gasteiger partial charge is 0.333 e. The van der Waals surface area contributed by atoms with Gasteiger partial charge in [-0.25, -0.2) is 4.79 Å². The van der Waals surface area contributed by atoms with E-state index < -0.39 is 23.9 Å². The Morgan fingerprint density at radius 2 is 2.35 bits per heavy atom. The predicted octanol–water partition coefficient (Wildman–Crippen LogP) is 0.261. The van der Waals surface area contributed by atoms with Gasteiger partial charge in [-0.3, -0.25) is 9.79 Å². The number of hydrogen-bond donors (Lipinski definition) is 3. The molecule has 0 aliphatic heterocycles. The highest BCUT2D eigenvalue weighted by molar-refractivity contribution is 8.03. The minimum Gasteiger partial charge on any atom is -0.478 e. The summed E-state index contributed by atoms with van der Waals surface area (Å²) in [6.45, 7) is 2.10. The number of aliphatic hydroxyl groups excluding tert-OH is 1. The molecule has 1 fully saturated rings. The number of ketones is 1. The molecule has 2 rings (SSSR count). The molecule has 0 unspecified atom stereocenters. The summed E-state index contributed by atoms with van der Waals surface area (Å²) >= 11 is 1.42. The topological polar surface area (TPSA) is 113 Å². The second-order valence-electron chi connectivity index (χ2n) is 5.06. The molecular weight excluding hydrogens is 280 g/mol. The molecule has 0 bridgehead atoms. The number of Topliss-reactive ketones (excluding diaryl/α,β-unsaturated/α-hetero) is 1. The van der Waals surface area contributed by atoms with Crippen molar-refractivity contribution in [3.8, 4) is 0 Å². The Kier molecular flexibility index (Phi) is 4.49. The van der Waals surface area contributed by atoms with Gasteiger partial charge in [0, 0.05) is 11.7 Å². The molecule has 0 radical (unpaired) electrons. The van der Waals surface area contributed by atoms with Crippen molar-refractivity contribution < 1.29 is 19.8 Å². The average Bonchev–Trinajstić information content (AvgIpc) is 2.69. The summed E-state index contributed by atoms with van der Waals surface area (Å²) in [5.74, 6) is -1.55. The number of nitrogens with zero attached hydrogens (tertiary/aromatic N) is 1. The Balaban J connectivity index is 2.11. The normalized spacial score (nSPS) is 30.5. The standard InChI is InChI=1S/C13H18N2O4S/c1-6(16)9-7-4-8(20-3-2-15-5-14)11(13(18)19)10(7)12(9)17/h5-7,9-10,16H,2-4H2,1H3,(H2,14,15)(H,18,19)/t6-,7+,9-,10-/m1/s1. The lowest BCUT2D eigenvalue weighted by atomic mass is 9.61. The molecule has 0 aromatic rings. The first-order chi connectivity index (χ1) is 9.49. The summed E-state index contributed by atoms with van der Waals surface area (Å²) < 4.78 is 0. The molecular formula is C13H18N2O4S. The van der Waals surface area contributed by atoms with Crippen LogP contribution in [0, 0.1) is 17.8 Å². The van der Waals surface area contributed by atoms with Crippen LogP contribution in [-0.2, 0) is 9.59 Å². The number of thioether (sulfide) groups is 1. The highest BCUT2D eigenvalue weighted by Gasteiger charge is 2.58. The van der Waals surface area contributed by atoms with E-state index in [0.29, 0.717) is 18.7 Å². The molecule has 110 valence electrons. The number of aliphatic hydroxyl groups is 1. The lowest BCUT2D eigenvalue weighted by Crippen LogP contribution is -2.51. The van der Waals surface area contributed by atoms with Crippen LogP contribution in [0.4, 0.5) is 0 Å². The molecule has 2 aliphatic rings. The first-order valence-corrected chi connectivity index (χ1v) is 7.48. The molecule has 1 saturated carbocycles. The Hall–Kier alpha value is -1.34. The van der Waals surface area contributed by atoms with E-state index in [9.17, 15) is 19.8 Å². The SMILES string of the molecule is C[C@@H](O)[C@H]1C(=O)[C@H]2C(C(=O)O)=C(SCCN=CN)C[C@H]21. The molecule has 0 heterocycles. The highest BCUT2D eigenvalue weighted by atomic mass is 32.2. The van der Waals surface area contributed by atoms with E-state index in [4.69, 9.17) is 5.73 Å². The van der Waals surface area contributed by atoms with Gasteiger partial charge in [0.2, 0.25) is 0 Å². The summed E-state index contributed by atoms with van der Waals surface area (Å²) in [5.41, 5.74) is 5.36. The first kappa shape index (κ1) is 15.1. The number of hydrogen-bond acceptors (Lipinski definition) is 5. The second-order valence-corrected chi connectivity index (χ2v) is 6.25. The van der Waals surface area contributed by atoms with Gasteiger partial charge in [-0.1, -0.05) is 0 Å². The number of allylic oxidation sites excluding steroid dienone is 1. The van der Waals surface area contributed by atoms with Crippen molar-refractivity contribution in [3.05, 3.63) is 10.5 Å². The predicted molar refractivity (Wildman–Crippen MR) is 76.4 cm³/mol. The maximum atomic E-state index is 12.0. The summed E-state index contributed by atoms with van der Waals surface area (Å²) in [4.78, 5) is 28.0. The van der Waals surface area contributed by atoms with Crippen molar-refractivity contribution in [3.63, 3.8) is 0 Å². The number of nitrogens with two attached hydrogens (primary N) is 1. The number of carbonyl (C=O) groups is 2.